The Labute approximate surface area is 153 Å². The quantitative estimate of drug-likeness (QED) is 0.685. The van der Waals surface area contributed by atoms with E-state index in [0.717, 1.165) is 22.2 Å². The molecule has 0 N–H and O–H groups in total. The number of benzene rings is 2. The highest BCUT2D eigenvalue weighted by Crippen LogP contribution is 2.33. The summed E-state index contributed by atoms with van der Waals surface area (Å²) in [5.41, 5.74) is 1.11. The van der Waals surface area contributed by atoms with Crippen LogP contribution in [0.5, 0.6) is 0 Å². The molecule has 25 heavy (non-hydrogen) atoms. The molecule has 6 heteroatoms. The van der Waals surface area contributed by atoms with Crippen LogP contribution < -0.4 is 0 Å². The van der Waals surface area contributed by atoms with Crippen molar-refractivity contribution in [3.05, 3.63) is 87.6 Å². The van der Waals surface area contributed by atoms with Crippen LogP contribution in [0.15, 0.2) is 65.6 Å². The predicted octanol–water partition coefficient (Wildman–Crippen LogP) is 5.27. The average molecular weight is 374 g/mol. The molecule has 1 saturated heterocycles. The zero-order valence-electron chi connectivity index (χ0n) is 13.0. The standard InChI is InChI=1S/C19H13ClFNO2S/c20-15-9-5-10-16(21)14(15)12-22-18(23)17(25-19(22)24)11-4-8-13-6-2-1-3-7-13/h1-11H,12H2/b8-4+,17-11-. The molecule has 0 unspecified atom stereocenters. The fourth-order valence-electron chi connectivity index (χ4n) is 2.30. The lowest BCUT2D eigenvalue weighted by Crippen LogP contribution is -2.28. The van der Waals surface area contributed by atoms with Gasteiger partial charge in [-0.1, -0.05) is 60.2 Å². The Morgan fingerprint density at radius 3 is 2.56 bits per heavy atom. The molecule has 0 saturated carbocycles. The number of thioether (sulfide) groups is 1. The van der Waals surface area contributed by atoms with E-state index in [4.69, 9.17) is 11.6 Å². The van der Waals surface area contributed by atoms with Gasteiger partial charge in [-0.2, -0.15) is 0 Å². The van der Waals surface area contributed by atoms with Crippen LogP contribution in [0.3, 0.4) is 0 Å². The van der Waals surface area contributed by atoms with Crippen LogP contribution in [-0.4, -0.2) is 16.0 Å². The van der Waals surface area contributed by atoms with Crippen molar-refractivity contribution in [3.63, 3.8) is 0 Å². The number of nitrogens with zero attached hydrogens (tertiary/aromatic N) is 1. The Kier molecular flexibility index (Phi) is 5.36. The summed E-state index contributed by atoms with van der Waals surface area (Å²) in [6.45, 7) is -0.185. The van der Waals surface area contributed by atoms with Crippen LogP contribution in [0.1, 0.15) is 11.1 Å². The minimum Gasteiger partial charge on any atom is -0.268 e. The van der Waals surface area contributed by atoms with Crippen LogP contribution in [0, 0.1) is 5.82 Å². The van der Waals surface area contributed by atoms with E-state index in [-0.39, 0.29) is 17.1 Å². The molecule has 126 valence electrons. The highest BCUT2D eigenvalue weighted by molar-refractivity contribution is 8.18. The van der Waals surface area contributed by atoms with Crippen LogP contribution >= 0.6 is 23.4 Å². The lowest BCUT2D eigenvalue weighted by atomic mass is 10.2. The van der Waals surface area contributed by atoms with E-state index in [2.05, 4.69) is 0 Å². The average Bonchev–Trinajstić information content (AvgIpc) is 2.86. The fraction of sp³-hybridized carbons (Fsp3) is 0.0526. The van der Waals surface area contributed by atoms with E-state index in [9.17, 15) is 14.0 Å². The zero-order valence-corrected chi connectivity index (χ0v) is 14.6. The summed E-state index contributed by atoms with van der Waals surface area (Å²) in [5, 5.41) is -0.254. The van der Waals surface area contributed by atoms with Crippen molar-refractivity contribution >= 4 is 40.6 Å². The number of allylic oxidation sites excluding steroid dienone is 2. The van der Waals surface area contributed by atoms with Crippen molar-refractivity contribution in [2.45, 2.75) is 6.54 Å². The summed E-state index contributed by atoms with van der Waals surface area (Å²) < 4.78 is 13.9. The molecule has 0 atom stereocenters. The predicted molar refractivity (Wildman–Crippen MR) is 98.5 cm³/mol. The molecule has 1 aliphatic heterocycles. The van der Waals surface area contributed by atoms with E-state index in [0.29, 0.717) is 4.91 Å². The Morgan fingerprint density at radius 2 is 1.84 bits per heavy atom. The van der Waals surface area contributed by atoms with E-state index in [1.54, 1.807) is 12.2 Å². The monoisotopic (exact) mass is 373 g/mol. The first-order valence-corrected chi connectivity index (χ1v) is 8.65. The van der Waals surface area contributed by atoms with Gasteiger partial charge >= 0.3 is 0 Å². The molecule has 2 amide bonds. The first-order chi connectivity index (χ1) is 12.1. The van der Waals surface area contributed by atoms with E-state index in [1.165, 1.54) is 18.2 Å². The number of amides is 2. The Hall–Kier alpha value is -2.37. The smallest absolute Gasteiger partial charge is 0.268 e. The van der Waals surface area contributed by atoms with Crippen LogP contribution in [0.2, 0.25) is 5.02 Å². The number of rotatable bonds is 4. The lowest BCUT2D eigenvalue weighted by molar-refractivity contribution is -0.123. The van der Waals surface area contributed by atoms with Gasteiger partial charge in [0.25, 0.3) is 11.1 Å². The minimum absolute atomic E-state index is 0.132. The van der Waals surface area contributed by atoms with Gasteiger partial charge in [0.1, 0.15) is 5.82 Å². The number of imide groups is 1. The third kappa shape index (κ3) is 4.00. The molecule has 2 aromatic carbocycles. The third-order valence-electron chi connectivity index (χ3n) is 3.59. The summed E-state index contributed by atoms with van der Waals surface area (Å²) in [6.07, 6.45) is 5.13. The second kappa shape index (κ2) is 7.68. The minimum atomic E-state index is -0.542. The summed E-state index contributed by atoms with van der Waals surface area (Å²) in [4.78, 5) is 25.8. The van der Waals surface area contributed by atoms with Gasteiger partial charge in [0, 0.05) is 10.6 Å². The summed E-state index contributed by atoms with van der Waals surface area (Å²) >= 11 is 6.80. The first-order valence-electron chi connectivity index (χ1n) is 7.46. The summed E-state index contributed by atoms with van der Waals surface area (Å²) in [6, 6.07) is 13.8. The van der Waals surface area contributed by atoms with Gasteiger partial charge in [-0.3, -0.25) is 14.5 Å². The van der Waals surface area contributed by atoms with Crippen LogP contribution in [0.25, 0.3) is 6.08 Å². The van der Waals surface area contributed by atoms with Crippen molar-refractivity contribution in [2.24, 2.45) is 0 Å². The molecule has 3 rings (SSSR count). The molecular weight excluding hydrogens is 361 g/mol. The molecule has 0 aromatic heterocycles. The number of carbonyl (C=O) groups excluding carboxylic acids is 2. The van der Waals surface area contributed by atoms with E-state index >= 15 is 0 Å². The molecular formula is C19H13ClFNO2S. The summed E-state index contributed by atoms with van der Waals surface area (Å²) in [7, 11) is 0. The van der Waals surface area contributed by atoms with Crippen molar-refractivity contribution in [2.75, 3.05) is 0 Å². The van der Waals surface area contributed by atoms with E-state index in [1.807, 2.05) is 36.4 Å². The highest BCUT2D eigenvalue weighted by atomic mass is 35.5. The number of hydrogen-bond donors (Lipinski definition) is 0. The zero-order chi connectivity index (χ0) is 17.8. The van der Waals surface area contributed by atoms with Crippen LogP contribution in [0.4, 0.5) is 9.18 Å². The Morgan fingerprint density at radius 1 is 1.08 bits per heavy atom. The lowest BCUT2D eigenvalue weighted by Gasteiger charge is -2.14. The molecule has 1 heterocycles. The number of hydrogen-bond acceptors (Lipinski definition) is 3. The van der Waals surface area contributed by atoms with Gasteiger partial charge in [-0.15, -0.1) is 0 Å². The van der Waals surface area contributed by atoms with Crippen molar-refractivity contribution in [1.29, 1.82) is 0 Å². The van der Waals surface area contributed by atoms with Crippen molar-refractivity contribution < 1.29 is 14.0 Å². The normalized spacial score (nSPS) is 16.4. The fourth-order valence-corrected chi connectivity index (χ4v) is 3.32. The Balaban J connectivity index is 1.76. The van der Waals surface area contributed by atoms with Gasteiger partial charge in [0.2, 0.25) is 0 Å². The molecule has 2 aromatic rings. The van der Waals surface area contributed by atoms with Gasteiger partial charge in [0.15, 0.2) is 0 Å². The van der Waals surface area contributed by atoms with Gasteiger partial charge in [-0.25, -0.2) is 4.39 Å². The highest BCUT2D eigenvalue weighted by Gasteiger charge is 2.35. The maximum Gasteiger partial charge on any atom is 0.293 e. The topological polar surface area (TPSA) is 37.4 Å². The maximum atomic E-state index is 13.9. The molecule has 0 bridgehead atoms. The molecule has 1 fully saturated rings. The molecule has 0 aliphatic carbocycles. The summed E-state index contributed by atoms with van der Waals surface area (Å²) in [5.74, 6) is -0.994. The number of halogens is 2. The largest absolute Gasteiger partial charge is 0.293 e. The molecule has 1 aliphatic rings. The van der Waals surface area contributed by atoms with Gasteiger partial charge in [0.05, 0.1) is 11.4 Å². The van der Waals surface area contributed by atoms with Crippen LogP contribution in [-0.2, 0) is 11.3 Å². The third-order valence-corrected chi connectivity index (χ3v) is 4.87. The number of carbonyl (C=O) groups is 2. The van der Waals surface area contributed by atoms with Gasteiger partial charge < -0.3 is 0 Å². The molecule has 3 nitrogen and oxygen atoms in total. The van der Waals surface area contributed by atoms with Crippen molar-refractivity contribution in [1.82, 2.24) is 4.90 Å². The van der Waals surface area contributed by atoms with Crippen molar-refractivity contribution in [3.8, 4) is 0 Å². The Bertz CT molecular complexity index is 860. The second-order valence-electron chi connectivity index (χ2n) is 5.26. The first kappa shape index (κ1) is 17.5. The SMILES string of the molecule is O=C1S/C(=C\C=C\c2ccccc2)C(=O)N1Cc1c(F)cccc1Cl. The maximum absolute atomic E-state index is 13.9. The van der Waals surface area contributed by atoms with E-state index < -0.39 is 17.0 Å². The second-order valence-corrected chi connectivity index (χ2v) is 6.66. The molecule has 0 radical (unpaired) electrons. The van der Waals surface area contributed by atoms with Gasteiger partial charge in [-0.05, 0) is 35.5 Å². The molecule has 0 spiro atoms.